The monoisotopic (exact) mass is 265 g/mol. The fourth-order valence-corrected chi connectivity index (χ4v) is 2.76. The van der Waals surface area contributed by atoms with Crippen LogP contribution in [0.4, 0.5) is 11.5 Å². The van der Waals surface area contributed by atoms with Gasteiger partial charge < -0.3 is 10.4 Å². The lowest BCUT2D eigenvalue weighted by atomic mass is 10.00. The fraction of sp³-hybridized carbons (Fsp3) is 0.615. The lowest BCUT2D eigenvalue weighted by molar-refractivity contribution is -0.385. The molecule has 2 rings (SSSR count). The Kier molecular flexibility index (Phi) is 4.31. The molecule has 6 nitrogen and oxygen atoms in total. The van der Waals surface area contributed by atoms with E-state index in [1.165, 1.54) is 6.07 Å². The van der Waals surface area contributed by atoms with Gasteiger partial charge in [0.25, 0.3) is 5.69 Å². The van der Waals surface area contributed by atoms with Crippen LogP contribution in [-0.4, -0.2) is 27.7 Å². The van der Waals surface area contributed by atoms with Crippen LogP contribution in [0.3, 0.4) is 0 Å². The van der Waals surface area contributed by atoms with Crippen LogP contribution in [0.2, 0.25) is 0 Å². The summed E-state index contributed by atoms with van der Waals surface area (Å²) in [5.41, 5.74) is 0.468. The number of nitro groups is 1. The standard InChI is InChI=1S/C13H19N3O3/c1-9-12(16(18)19)5-6-13(14-9)15-11-4-2-3-10(11)7-8-17/h5-6,10-11,17H,2-4,7-8H2,1H3,(H,14,15). The van der Waals surface area contributed by atoms with Crippen LogP contribution in [0.1, 0.15) is 31.4 Å². The highest BCUT2D eigenvalue weighted by Gasteiger charge is 2.27. The first-order valence-corrected chi connectivity index (χ1v) is 6.61. The van der Waals surface area contributed by atoms with Crippen LogP contribution in [0.5, 0.6) is 0 Å². The van der Waals surface area contributed by atoms with Crippen LogP contribution in [0, 0.1) is 23.0 Å². The zero-order valence-electron chi connectivity index (χ0n) is 11.0. The third-order valence-corrected chi connectivity index (χ3v) is 3.75. The summed E-state index contributed by atoms with van der Waals surface area (Å²) in [6.07, 6.45) is 4.12. The summed E-state index contributed by atoms with van der Waals surface area (Å²) < 4.78 is 0. The van der Waals surface area contributed by atoms with Crippen LogP contribution in [0.25, 0.3) is 0 Å². The van der Waals surface area contributed by atoms with E-state index in [0.717, 1.165) is 25.7 Å². The third kappa shape index (κ3) is 3.20. The number of aryl methyl sites for hydroxylation is 1. The molecule has 0 aromatic carbocycles. The molecule has 2 atom stereocenters. The first-order chi connectivity index (χ1) is 9.11. The molecule has 0 amide bonds. The molecule has 19 heavy (non-hydrogen) atoms. The minimum absolute atomic E-state index is 0.0453. The summed E-state index contributed by atoms with van der Waals surface area (Å²) in [6, 6.07) is 3.45. The molecule has 0 saturated heterocycles. The number of rotatable bonds is 5. The lowest BCUT2D eigenvalue weighted by Crippen LogP contribution is -2.25. The van der Waals surface area contributed by atoms with Gasteiger partial charge in [0.15, 0.2) is 0 Å². The molecule has 104 valence electrons. The van der Waals surface area contributed by atoms with Crippen molar-refractivity contribution < 1.29 is 10.0 Å². The molecule has 1 aromatic rings. The minimum atomic E-state index is -0.420. The highest BCUT2D eigenvalue weighted by atomic mass is 16.6. The number of anilines is 1. The zero-order valence-corrected chi connectivity index (χ0v) is 11.0. The Balaban J connectivity index is 2.07. The van der Waals surface area contributed by atoms with Gasteiger partial charge in [0, 0.05) is 18.7 Å². The Morgan fingerprint density at radius 1 is 1.53 bits per heavy atom. The van der Waals surface area contributed by atoms with Crippen LogP contribution in [-0.2, 0) is 0 Å². The van der Waals surface area contributed by atoms with E-state index in [0.29, 0.717) is 23.5 Å². The van der Waals surface area contributed by atoms with Gasteiger partial charge in [-0.3, -0.25) is 10.1 Å². The molecule has 1 saturated carbocycles. The van der Waals surface area contributed by atoms with Crippen molar-refractivity contribution in [2.45, 2.75) is 38.6 Å². The number of hydrogen-bond acceptors (Lipinski definition) is 5. The Labute approximate surface area is 112 Å². The lowest BCUT2D eigenvalue weighted by Gasteiger charge is -2.20. The van der Waals surface area contributed by atoms with Gasteiger partial charge in [0.05, 0.1) is 4.92 Å². The minimum Gasteiger partial charge on any atom is -0.396 e. The largest absolute Gasteiger partial charge is 0.396 e. The summed E-state index contributed by atoms with van der Waals surface area (Å²) in [4.78, 5) is 14.5. The Morgan fingerprint density at radius 3 is 2.95 bits per heavy atom. The molecule has 0 radical (unpaired) electrons. The molecule has 1 aliphatic rings. The quantitative estimate of drug-likeness (QED) is 0.629. The zero-order chi connectivity index (χ0) is 13.8. The molecule has 0 bridgehead atoms. The van der Waals surface area contributed by atoms with Gasteiger partial charge in [-0.1, -0.05) is 6.42 Å². The molecule has 6 heteroatoms. The normalized spacial score (nSPS) is 22.4. The number of aliphatic hydroxyl groups excluding tert-OH is 1. The average Bonchev–Trinajstić information content (AvgIpc) is 2.77. The maximum Gasteiger partial charge on any atom is 0.290 e. The Bertz CT molecular complexity index is 464. The number of aliphatic hydroxyl groups is 1. The number of nitrogens with one attached hydrogen (secondary N) is 1. The van der Waals surface area contributed by atoms with Gasteiger partial charge in [-0.2, -0.15) is 0 Å². The maximum atomic E-state index is 10.7. The van der Waals surface area contributed by atoms with Crippen LogP contribution < -0.4 is 5.32 Å². The van der Waals surface area contributed by atoms with Crippen molar-refractivity contribution in [3.63, 3.8) is 0 Å². The highest BCUT2D eigenvalue weighted by molar-refractivity contribution is 5.45. The van der Waals surface area contributed by atoms with E-state index >= 15 is 0 Å². The van der Waals surface area contributed by atoms with Gasteiger partial charge in [-0.05, 0) is 38.2 Å². The van der Waals surface area contributed by atoms with Crippen molar-refractivity contribution in [1.29, 1.82) is 0 Å². The predicted molar refractivity (Wildman–Crippen MR) is 72.1 cm³/mol. The fourth-order valence-electron chi connectivity index (χ4n) is 2.76. The summed E-state index contributed by atoms with van der Waals surface area (Å²) in [7, 11) is 0. The Hall–Kier alpha value is -1.69. The topological polar surface area (TPSA) is 88.3 Å². The maximum absolute atomic E-state index is 10.7. The average molecular weight is 265 g/mol. The Morgan fingerprint density at radius 2 is 2.32 bits per heavy atom. The predicted octanol–water partition coefficient (Wildman–Crippen LogP) is 2.26. The highest BCUT2D eigenvalue weighted by Crippen LogP contribution is 2.30. The van der Waals surface area contributed by atoms with E-state index in [4.69, 9.17) is 5.11 Å². The van der Waals surface area contributed by atoms with Gasteiger partial charge in [0.2, 0.25) is 0 Å². The molecule has 2 N–H and O–H groups in total. The van der Waals surface area contributed by atoms with E-state index in [1.54, 1.807) is 13.0 Å². The first kappa shape index (κ1) is 13.7. The number of pyridine rings is 1. The first-order valence-electron chi connectivity index (χ1n) is 6.61. The molecule has 0 aliphatic heterocycles. The number of aromatic nitrogens is 1. The molecular formula is C13H19N3O3. The summed E-state index contributed by atoms with van der Waals surface area (Å²) in [5, 5.41) is 23.1. The van der Waals surface area contributed by atoms with Gasteiger partial charge in [-0.25, -0.2) is 4.98 Å². The molecule has 1 heterocycles. The molecule has 1 fully saturated rings. The van der Waals surface area contributed by atoms with E-state index in [-0.39, 0.29) is 12.3 Å². The second kappa shape index (κ2) is 5.97. The van der Waals surface area contributed by atoms with Gasteiger partial charge in [-0.15, -0.1) is 0 Å². The molecule has 0 spiro atoms. The van der Waals surface area contributed by atoms with Crippen molar-refractivity contribution in [1.82, 2.24) is 4.98 Å². The SMILES string of the molecule is Cc1nc(NC2CCCC2CCO)ccc1[N+](=O)[O-]. The van der Waals surface area contributed by atoms with Crippen molar-refractivity contribution in [3.05, 3.63) is 27.9 Å². The number of nitrogens with zero attached hydrogens (tertiary/aromatic N) is 2. The van der Waals surface area contributed by atoms with Crippen molar-refractivity contribution >= 4 is 11.5 Å². The van der Waals surface area contributed by atoms with E-state index in [9.17, 15) is 10.1 Å². The summed E-state index contributed by atoms with van der Waals surface area (Å²) in [5.74, 6) is 1.14. The van der Waals surface area contributed by atoms with E-state index < -0.39 is 4.92 Å². The third-order valence-electron chi connectivity index (χ3n) is 3.75. The van der Waals surface area contributed by atoms with Crippen LogP contribution in [0.15, 0.2) is 12.1 Å². The molecule has 1 aromatic heterocycles. The van der Waals surface area contributed by atoms with Crippen molar-refractivity contribution in [3.8, 4) is 0 Å². The summed E-state index contributed by atoms with van der Waals surface area (Å²) >= 11 is 0. The molecule has 2 unspecified atom stereocenters. The summed E-state index contributed by atoms with van der Waals surface area (Å²) in [6.45, 7) is 1.85. The van der Waals surface area contributed by atoms with E-state index in [2.05, 4.69) is 10.3 Å². The number of hydrogen-bond donors (Lipinski definition) is 2. The second-order valence-electron chi connectivity index (χ2n) is 5.01. The molecule has 1 aliphatic carbocycles. The second-order valence-corrected chi connectivity index (χ2v) is 5.01. The van der Waals surface area contributed by atoms with Crippen LogP contribution >= 0.6 is 0 Å². The van der Waals surface area contributed by atoms with Crippen molar-refractivity contribution in [2.75, 3.05) is 11.9 Å². The van der Waals surface area contributed by atoms with Gasteiger partial charge >= 0.3 is 0 Å². The molecular weight excluding hydrogens is 246 g/mol. The van der Waals surface area contributed by atoms with E-state index in [1.807, 2.05) is 0 Å². The smallest absolute Gasteiger partial charge is 0.290 e. The van der Waals surface area contributed by atoms with Gasteiger partial charge in [0.1, 0.15) is 11.5 Å². The van der Waals surface area contributed by atoms with Crippen molar-refractivity contribution in [2.24, 2.45) is 5.92 Å².